The van der Waals surface area contributed by atoms with Crippen LogP contribution in [0.3, 0.4) is 0 Å². The molecule has 1 aromatic carbocycles. The van der Waals surface area contributed by atoms with E-state index in [9.17, 15) is 0 Å². The summed E-state index contributed by atoms with van der Waals surface area (Å²) < 4.78 is 11.3. The molecule has 20 heavy (non-hydrogen) atoms. The van der Waals surface area contributed by atoms with Gasteiger partial charge in [-0.2, -0.15) is 0 Å². The van der Waals surface area contributed by atoms with Gasteiger partial charge in [0.25, 0.3) is 0 Å². The molecule has 1 unspecified atom stereocenters. The molecule has 1 aliphatic rings. The molecule has 3 heteroatoms. The molecule has 112 valence electrons. The zero-order valence-electron chi connectivity index (χ0n) is 13.2. The van der Waals surface area contributed by atoms with E-state index in [2.05, 4.69) is 37.4 Å². The van der Waals surface area contributed by atoms with Crippen molar-refractivity contribution < 1.29 is 9.47 Å². The molecule has 0 spiro atoms. The van der Waals surface area contributed by atoms with Gasteiger partial charge in [-0.05, 0) is 45.2 Å². The maximum Gasteiger partial charge on any atom is 0.123 e. The van der Waals surface area contributed by atoms with Crippen molar-refractivity contribution in [2.45, 2.75) is 51.2 Å². The van der Waals surface area contributed by atoms with Gasteiger partial charge in [-0.25, -0.2) is 0 Å². The van der Waals surface area contributed by atoms with Crippen LogP contribution >= 0.6 is 0 Å². The number of hydrogen-bond donors (Lipinski definition) is 1. The van der Waals surface area contributed by atoms with Crippen LogP contribution < -0.4 is 10.1 Å². The van der Waals surface area contributed by atoms with Crippen molar-refractivity contribution in [3.63, 3.8) is 0 Å². The smallest absolute Gasteiger partial charge is 0.123 e. The van der Waals surface area contributed by atoms with E-state index in [1.807, 2.05) is 7.11 Å². The summed E-state index contributed by atoms with van der Waals surface area (Å²) >= 11 is 0. The zero-order valence-corrected chi connectivity index (χ0v) is 13.2. The van der Waals surface area contributed by atoms with Gasteiger partial charge in [0.05, 0.1) is 12.7 Å². The standard InChI is InChI=1S/C17H27NO2/c1-5-18-15(12-17(20-4)9-6-10-17)14-11-13(2)7-8-16(14)19-3/h7-8,11,15,18H,5-6,9-10,12H2,1-4H3. The van der Waals surface area contributed by atoms with Crippen LogP contribution in [0.2, 0.25) is 0 Å². The molecule has 2 rings (SSSR count). The summed E-state index contributed by atoms with van der Waals surface area (Å²) in [6.07, 6.45) is 4.62. The first-order valence-electron chi connectivity index (χ1n) is 7.57. The van der Waals surface area contributed by atoms with Gasteiger partial charge in [0.1, 0.15) is 5.75 Å². The molecule has 1 aliphatic carbocycles. The molecule has 0 aromatic heterocycles. The zero-order chi connectivity index (χ0) is 14.6. The first-order chi connectivity index (χ1) is 9.64. The number of hydrogen-bond acceptors (Lipinski definition) is 3. The van der Waals surface area contributed by atoms with E-state index < -0.39 is 0 Å². The molecule has 0 radical (unpaired) electrons. The molecule has 0 saturated heterocycles. The second-order valence-corrected chi connectivity index (χ2v) is 5.80. The lowest BCUT2D eigenvalue weighted by molar-refractivity contribution is -0.0838. The average molecular weight is 277 g/mol. The number of aryl methyl sites for hydroxylation is 1. The van der Waals surface area contributed by atoms with E-state index in [4.69, 9.17) is 9.47 Å². The highest BCUT2D eigenvalue weighted by atomic mass is 16.5. The van der Waals surface area contributed by atoms with Crippen LogP contribution in [0.1, 0.15) is 49.8 Å². The summed E-state index contributed by atoms with van der Waals surface area (Å²) in [5, 5.41) is 3.60. The van der Waals surface area contributed by atoms with Crippen molar-refractivity contribution in [3.05, 3.63) is 29.3 Å². The van der Waals surface area contributed by atoms with Crippen molar-refractivity contribution in [2.75, 3.05) is 20.8 Å². The fourth-order valence-corrected chi connectivity index (χ4v) is 3.10. The fourth-order valence-electron chi connectivity index (χ4n) is 3.10. The normalized spacial score (nSPS) is 18.4. The molecule has 0 amide bonds. The minimum absolute atomic E-state index is 0.0571. The molecule has 0 heterocycles. The van der Waals surface area contributed by atoms with Gasteiger partial charge in [0, 0.05) is 18.7 Å². The van der Waals surface area contributed by atoms with E-state index in [1.54, 1.807) is 7.11 Å². The second-order valence-electron chi connectivity index (χ2n) is 5.80. The minimum Gasteiger partial charge on any atom is -0.496 e. The molecule has 1 fully saturated rings. The maximum absolute atomic E-state index is 5.80. The molecule has 1 saturated carbocycles. The van der Waals surface area contributed by atoms with Crippen LogP contribution in [0.5, 0.6) is 5.75 Å². The third-order valence-corrected chi connectivity index (χ3v) is 4.49. The Morgan fingerprint density at radius 3 is 2.55 bits per heavy atom. The Bertz CT molecular complexity index is 435. The first kappa shape index (κ1) is 15.3. The molecule has 1 N–H and O–H groups in total. The van der Waals surface area contributed by atoms with Crippen LogP contribution in [0.4, 0.5) is 0 Å². The van der Waals surface area contributed by atoms with Gasteiger partial charge in [0.15, 0.2) is 0 Å². The monoisotopic (exact) mass is 277 g/mol. The summed E-state index contributed by atoms with van der Waals surface area (Å²) in [5.41, 5.74) is 2.57. The van der Waals surface area contributed by atoms with Crippen molar-refractivity contribution in [1.82, 2.24) is 5.32 Å². The molecular weight excluding hydrogens is 250 g/mol. The van der Waals surface area contributed by atoms with Crippen molar-refractivity contribution in [3.8, 4) is 5.75 Å². The molecular formula is C17H27NO2. The van der Waals surface area contributed by atoms with Gasteiger partial charge >= 0.3 is 0 Å². The Morgan fingerprint density at radius 1 is 1.30 bits per heavy atom. The molecule has 0 aliphatic heterocycles. The molecule has 3 nitrogen and oxygen atoms in total. The maximum atomic E-state index is 5.80. The number of benzene rings is 1. The Labute approximate surface area is 122 Å². The van der Waals surface area contributed by atoms with Crippen LogP contribution in [0.25, 0.3) is 0 Å². The van der Waals surface area contributed by atoms with E-state index in [0.717, 1.165) is 18.7 Å². The lowest BCUT2D eigenvalue weighted by atomic mass is 9.74. The highest BCUT2D eigenvalue weighted by Gasteiger charge is 2.39. The number of nitrogens with one attached hydrogen (secondary N) is 1. The van der Waals surface area contributed by atoms with Crippen LogP contribution in [0, 0.1) is 6.92 Å². The molecule has 1 atom stereocenters. The van der Waals surface area contributed by atoms with Gasteiger partial charge in [-0.15, -0.1) is 0 Å². The van der Waals surface area contributed by atoms with Crippen LogP contribution in [-0.2, 0) is 4.74 Å². The Kier molecular flexibility index (Phi) is 5.06. The van der Waals surface area contributed by atoms with E-state index in [1.165, 1.54) is 30.4 Å². The second kappa shape index (κ2) is 6.59. The van der Waals surface area contributed by atoms with Crippen molar-refractivity contribution >= 4 is 0 Å². The Balaban J connectivity index is 2.25. The summed E-state index contributed by atoms with van der Waals surface area (Å²) in [6.45, 7) is 5.22. The lowest BCUT2D eigenvalue weighted by Gasteiger charge is -2.43. The average Bonchev–Trinajstić information content (AvgIpc) is 2.41. The summed E-state index contributed by atoms with van der Waals surface area (Å²) in [4.78, 5) is 0. The van der Waals surface area contributed by atoms with Crippen LogP contribution in [0.15, 0.2) is 18.2 Å². The highest BCUT2D eigenvalue weighted by molar-refractivity contribution is 5.39. The highest BCUT2D eigenvalue weighted by Crippen LogP contribution is 2.43. The van der Waals surface area contributed by atoms with E-state index in [-0.39, 0.29) is 11.6 Å². The largest absolute Gasteiger partial charge is 0.496 e. The predicted octanol–water partition coefficient (Wildman–Crippen LogP) is 3.61. The topological polar surface area (TPSA) is 30.5 Å². The quantitative estimate of drug-likeness (QED) is 0.826. The Morgan fingerprint density at radius 2 is 2.05 bits per heavy atom. The van der Waals surface area contributed by atoms with Gasteiger partial charge in [-0.1, -0.05) is 24.6 Å². The van der Waals surface area contributed by atoms with Gasteiger partial charge in [0.2, 0.25) is 0 Å². The number of ether oxygens (including phenoxy) is 2. The lowest BCUT2D eigenvalue weighted by Crippen LogP contribution is -2.43. The van der Waals surface area contributed by atoms with Crippen molar-refractivity contribution in [1.29, 1.82) is 0 Å². The number of rotatable bonds is 7. The van der Waals surface area contributed by atoms with Gasteiger partial charge in [-0.3, -0.25) is 0 Å². The number of methoxy groups -OCH3 is 2. The summed E-state index contributed by atoms with van der Waals surface area (Å²) in [5.74, 6) is 0.965. The summed E-state index contributed by atoms with van der Waals surface area (Å²) in [7, 11) is 3.59. The minimum atomic E-state index is 0.0571. The van der Waals surface area contributed by atoms with E-state index in [0.29, 0.717) is 0 Å². The fraction of sp³-hybridized carbons (Fsp3) is 0.647. The first-order valence-corrected chi connectivity index (χ1v) is 7.57. The third kappa shape index (κ3) is 3.15. The van der Waals surface area contributed by atoms with Crippen molar-refractivity contribution in [2.24, 2.45) is 0 Å². The molecule has 0 bridgehead atoms. The Hall–Kier alpha value is -1.06. The third-order valence-electron chi connectivity index (χ3n) is 4.49. The predicted molar refractivity (Wildman–Crippen MR) is 82.4 cm³/mol. The molecule has 1 aromatic rings. The SMILES string of the molecule is CCNC(CC1(OC)CCC1)c1cc(C)ccc1OC. The summed E-state index contributed by atoms with van der Waals surface area (Å²) in [6, 6.07) is 6.68. The van der Waals surface area contributed by atoms with E-state index >= 15 is 0 Å². The van der Waals surface area contributed by atoms with Gasteiger partial charge < -0.3 is 14.8 Å². The van der Waals surface area contributed by atoms with Crippen LogP contribution in [-0.4, -0.2) is 26.4 Å².